The quantitative estimate of drug-likeness (QED) is 0.383. The van der Waals surface area contributed by atoms with Gasteiger partial charge in [0.1, 0.15) is 18.1 Å². The summed E-state index contributed by atoms with van der Waals surface area (Å²) in [6, 6.07) is 13.1. The lowest BCUT2D eigenvalue weighted by molar-refractivity contribution is 0.296. The Morgan fingerprint density at radius 2 is 1.90 bits per heavy atom. The van der Waals surface area contributed by atoms with Gasteiger partial charge in [0.05, 0.1) is 7.11 Å². The number of ether oxygens (including phenoxy) is 2. The lowest BCUT2D eigenvalue weighted by Crippen LogP contribution is -2.13. The summed E-state index contributed by atoms with van der Waals surface area (Å²) >= 11 is 0. The summed E-state index contributed by atoms with van der Waals surface area (Å²) in [6.45, 7) is 2.35. The Balaban J connectivity index is 2.19. The first-order valence-corrected chi connectivity index (χ1v) is 6.48. The summed E-state index contributed by atoms with van der Waals surface area (Å²) in [5.41, 5.74) is 8.21. The Bertz CT molecular complexity index is 636. The Kier molecular flexibility index (Phi) is 4.66. The maximum absolute atomic E-state index is 8.74. The number of nitrogens with zero attached hydrogens (tertiary/aromatic N) is 1. The third kappa shape index (κ3) is 3.66. The lowest BCUT2D eigenvalue weighted by Gasteiger charge is -2.12. The molecule has 0 aromatic heterocycles. The van der Waals surface area contributed by atoms with Crippen LogP contribution in [0.4, 0.5) is 0 Å². The van der Waals surface area contributed by atoms with E-state index in [0.717, 1.165) is 11.3 Å². The first-order valence-electron chi connectivity index (χ1n) is 6.48. The van der Waals surface area contributed by atoms with E-state index in [9.17, 15) is 0 Å². The molecule has 21 heavy (non-hydrogen) atoms. The molecule has 0 saturated heterocycles. The van der Waals surface area contributed by atoms with E-state index in [1.807, 2.05) is 31.2 Å². The third-order valence-corrected chi connectivity index (χ3v) is 3.10. The topological polar surface area (TPSA) is 77.1 Å². The molecular formula is C16H18N2O3. The molecule has 0 aliphatic rings. The van der Waals surface area contributed by atoms with Crippen molar-refractivity contribution in [3.05, 3.63) is 59.2 Å². The van der Waals surface area contributed by atoms with E-state index >= 15 is 0 Å². The van der Waals surface area contributed by atoms with Crippen LogP contribution in [0.3, 0.4) is 0 Å². The molecule has 2 rings (SSSR count). The Hall–Kier alpha value is -2.69. The van der Waals surface area contributed by atoms with Gasteiger partial charge in [0.15, 0.2) is 5.84 Å². The van der Waals surface area contributed by atoms with Crippen LogP contribution in [-0.2, 0) is 6.61 Å². The van der Waals surface area contributed by atoms with Crippen molar-refractivity contribution >= 4 is 5.84 Å². The second kappa shape index (κ2) is 6.65. The van der Waals surface area contributed by atoms with Gasteiger partial charge in [0, 0.05) is 11.1 Å². The molecule has 0 amide bonds. The van der Waals surface area contributed by atoms with Crippen LogP contribution in [0.1, 0.15) is 16.7 Å². The lowest BCUT2D eigenvalue weighted by atomic mass is 10.1. The molecule has 0 bridgehead atoms. The van der Waals surface area contributed by atoms with E-state index in [1.165, 1.54) is 5.56 Å². The van der Waals surface area contributed by atoms with Crippen molar-refractivity contribution in [2.45, 2.75) is 13.5 Å². The maximum atomic E-state index is 8.74. The van der Waals surface area contributed by atoms with Crippen LogP contribution in [0.5, 0.6) is 11.5 Å². The number of methoxy groups -OCH3 is 1. The normalized spacial score (nSPS) is 11.2. The fourth-order valence-electron chi connectivity index (χ4n) is 1.90. The predicted octanol–water partition coefficient (Wildman–Crippen LogP) is 2.68. The zero-order valence-corrected chi connectivity index (χ0v) is 12.0. The largest absolute Gasteiger partial charge is 0.496 e. The second-order valence-electron chi connectivity index (χ2n) is 4.61. The average Bonchev–Trinajstić information content (AvgIpc) is 2.53. The highest BCUT2D eigenvalue weighted by Gasteiger charge is 2.08. The van der Waals surface area contributed by atoms with Crippen molar-refractivity contribution in [1.82, 2.24) is 0 Å². The van der Waals surface area contributed by atoms with E-state index in [2.05, 4.69) is 5.16 Å². The molecule has 2 aromatic rings. The van der Waals surface area contributed by atoms with Gasteiger partial charge in [-0.05, 0) is 37.3 Å². The van der Waals surface area contributed by atoms with E-state index in [1.54, 1.807) is 25.3 Å². The fraction of sp³-hybridized carbons (Fsp3) is 0.188. The Labute approximate surface area is 123 Å². The molecular weight excluding hydrogens is 268 g/mol. The fourth-order valence-corrected chi connectivity index (χ4v) is 1.90. The summed E-state index contributed by atoms with van der Waals surface area (Å²) < 4.78 is 11.0. The number of aryl methyl sites for hydroxylation is 1. The van der Waals surface area contributed by atoms with Crippen molar-refractivity contribution in [3.63, 3.8) is 0 Å². The van der Waals surface area contributed by atoms with Gasteiger partial charge in [-0.2, -0.15) is 0 Å². The number of oxime groups is 1. The zero-order valence-electron chi connectivity index (χ0n) is 12.0. The molecule has 2 aromatic carbocycles. The van der Waals surface area contributed by atoms with Crippen LogP contribution in [0.15, 0.2) is 47.6 Å². The molecule has 0 radical (unpaired) electrons. The Morgan fingerprint density at radius 3 is 2.52 bits per heavy atom. The van der Waals surface area contributed by atoms with Crippen molar-refractivity contribution < 1.29 is 14.7 Å². The van der Waals surface area contributed by atoms with Gasteiger partial charge in [0.25, 0.3) is 0 Å². The molecule has 5 nitrogen and oxygen atoms in total. The number of nitrogens with two attached hydrogens (primary N) is 1. The number of amidine groups is 1. The smallest absolute Gasteiger partial charge is 0.170 e. The minimum absolute atomic E-state index is 0.0502. The third-order valence-electron chi connectivity index (χ3n) is 3.10. The number of rotatable bonds is 5. The monoisotopic (exact) mass is 286 g/mol. The van der Waals surface area contributed by atoms with Crippen LogP contribution in [0.25, 0.3) is 0 Å². The summed E-state index contributed by atoms with van der Waals surface area (Å²) in [6.07, 6.45) is 0. The van der Waals surface area contributed by atoms with Crippen LogP contribution in [0.2, 0.25) is 0 Å². The van der Waals surface area contributed by atoms with Crippen molar-refractivity contribution in [2.24, 2.45) is 10.9 Å². The van der Waals surface area contributed by atoms with E-state index in [4.69, 9.17) is 20.4 Å². The van der Waals surface area contributed by atoms with Gasteiger partial charge in [-0.25, -0.2) is 0 Å². The van der Waals surface area contributed by atoms with Crippen LogP contribution in [0, 0.1) is 6.92 Å². The molecule has 0 heterocycles. The minimum Gasteiger partial charge on any atom is -0.496 e. The van der Waals surface area contributed by atoms with E-state index in [-0.39, 0.29) is 5.84 Å². The minimum atomic E-state index is 0.0502. The van der Waals surface area contributed by atoms with Crippen LogP contribution < -0.4 is 15.2 Å². The molecule has 110 valence electrons. The summed E-state index contributed by atoms with van der Waals surface area (Å²) in [5, 5.41) is 11.7. The van der Waals surface area contributed by atoms with Gasteiger partial charge < -0.3 is 20.4 Å². The maximum Gasteiger partial charge on any atom is 0.170 e. The molecule has 0 aliphatic heterocycles. The predicted molar refractivity (Wildman–Crippen MR) is 81.0 cm³/mol. The van der Waals surface area contributed by atoms with Crippen LogP contribution >= 0.6 is 0 Å². The molecule has 0 aliphatic carbocycles. The van der Waals surface area contributed by atoms with Gasteiger partial charge in [-0.15, -0.1) is 0 Å². The summed E-state index contributed by atoms with van der Waals surface area (Å²) in [4.78, 5) is 0. The summed E-state index contributed by atoms with van der Waals surface area (Å²) in [5.74, 6) is 1.52. The molecule has 0 atom stereocenters. The molecule has 0 fully saturated rings. The highest BCUT2D eigenvalue weighted by Crippen LogP contribution is 2.22. The van der Waals surface area contributed by atoms with Crippen LogP contribution in [-0.4, -0.2) is 18.2 Å². The standard InChI is InChI=1S/C16H18N2O3/c1-11-3-6-14(7-4-11)21-10-13-9-12(16(17)18-19)5-8-15(13)20-2/h3-9,19H,10H2,1-2H3,(H2,17,18). The summed E-state index contributed by atoms with van der Waals surface area (Å²) in [7, 11) is 1.59. The molecule has 0 unspecified atom stereocenters. The molecule has 0 spiro atoms. The zero-order chi connectivity index (χ0) is 15.2. The first kappa shape index (κ1) is 14.7. The SMILES string of the molecule is COc1ccc(/C(N)=N/O)cc1COc1ccc(C)cc1. The van der Waals surface area contributed by atoms with Crippen molar-refractivity contribution in [3.8, 4) is 11.5 Å². The van der Waals surface area contributed by atoms with Gasteiger partial charge in [0.2, 0.25) is 0 Å². The van der Waals surface area contributed by atoms with E-state index < -0.39 is 0 Å². The van der Waals surface area contributed by atoms with Crippen molar-refractivity contribution in [2.75, 3.05) is 7.11 Å². The molecule has 3 N–H and O–H groups in total. The highest BCUT2D eigenvalue weighted by atomic mass is 16.5. The number of hydrogen-bond acceptors (Lipinski definition) is 4. The second-order valence-corrected chi connectivity index (χ2v) is 4.61. The van der Waals surface area contributed by atoms with Gasteiger partial charge in [-0.3, -0.25) is 0 Å². The average molecular weight is 286 g/mol. The number of hydrogen-bond donors (Lipinski definition) is 2. The van der Waals surface area contributed by atoms with Crippen molar-refractivity contribution in [1.29, 1.82) is 0 Å². The molecule has 5 heteroatoms. The first-order chi connectivity index (χ1) is 10.1. The number of benzene rings is 2. The van der Waals surface area contributed by atoms with Gasteiger partial charge in [-0.1, -0.05) is 22.9 Å². The molecule has 0 saturated carbocycles. The van der Waals surface area contributed by atoms with Gasteiger partial charge >= 0.3 is 0 Å². The highest BCUT2D eigenvalue weighted by molar-refractivity contribution is 5.97. The Morgan fingerprint density at radius 1 is 1.19 bits per heavy atom. The van der Waals surface area contributed by atoms with E-state index in [0.29, 0.717) is 17.9 Å².